The Kier molecular flexibility index (Phi) is 7.20. The lowest BCUT2D eigenvalue weighted by Crippen LogP contribution is -2.17. The van der Waals surface area contributed by atoms with Gasteiger partial charge in [-0.1, -0.05) is 0 Å². The lowest BCUT2D eigenvalue weighted by molar-refractivity contribution is -0.143. The number of nitrogens with zero attached hydrogens (tertiary/aromatic N) is 4. The highest BCUT2D eigenvalue weighted by Gasteiger charge is 2.07. The number of carbonyl (C=O) groups excluding carboxylic acids is 1. The summed E-state index contributed by atoms with van der Waals surface area (Å²) >= 11 is 0. The molecule has 0 aliphatic rings. The number of esters is 1. The van der Waals surface area contributed by atoms with Gasteiger partial charge in [-0.25, -0.2) is 0 Å². The van der Waals surface area contributed by atoms with Crippen molar-refractivity contribution < 1.29 is 9.53 Å². The Bertz CT molecular complexity index is 452. The van der Waals surface area contributed by atoms with Crippen LogP contribution in [0.4, 0.5) is 17.8 Å². The van der Waals surface area contributed by atoms with Crippen LogP contribution in [0.25, 0.3) is 0 Å². The maximum absolute atomic E-state index is 11.2. The number of nitrogens with one attached hydrogen (secondary N) is 2. The van der Waals surface area contributed by atoms with Crippen LogP contribution >= 0.6 is 0 Å². The van der Waals surface area contributed by atoms with Gasteiger partial charge in [0, 0.05) is 33.6 Å². The number of aromatic nitrogens is 3. The summed E-state index contributed by atoms with van der Waals surface area (Å²) in [6.45, 7) is 5.52. The number of hydrogen-bond donors (Lipinski definition) is 2. The predicted octanol–water partition coefficient (Wildman–Crippen LogP) is 1.12. The Balaban J connectivity index is 2.55. The Labute approximate surface area is 125 Å². The molecular weight excluding hydrogens is 272 g/mol. The van der Waals surface area contributed by atoms with Gasteiger partial charge in [0.25, 0.3) is 0 Å². The van der Waals surface area contributed by atoms with Gasteiger partial charge in [-0.2, -0.15) is 15.0 Å². The summed E-state index contributed by atoms with van der Waals surface area (Å²) in [5.41, 5.74) is 0. The zero-order valence-corrected chi connectivity index (χ0v) is 13.1. The van der Waals surface area contributed by atoms with E-state index in [1.165, 1.54) is 0 Å². The molecule has 0 saturated heterocycles. The first-order valence-electron chi connectivity index (χ1n) is 7.13. The summed E-state index contributed by atoms with van der Waals surface area (Å²) in [5.74, 6) is 1.42. The van der Waals surface area contributed by atoms with Crippen LogP contribution in [-0.4, -0.2) is 54.7 Å². The van der Waals surface area contributed by atoms with Crippen molar-refractivity contribution in [2.45, 2.75) is 26.7 Å². The minimum absolute atomic E-state index is 0.183. The minimum atomic E-state index is -0.183. The molecule has 0 spiro atoms. The van der Waals surface area contributed by atoms with E-state index in [1.807, 2.05) is 25.9 Å². The third-order valence-corrected chi connectivity index (χ3v) is 2.50. The van der Waals surface area contributed by atoms with E-state index in [0.717, 1.165) is 6.54 Å². The molecule has 1 aromatic heterocycles. The van der Waals surface area contributed by atoms with Crippen molar-refractivity contribution in [1.82, 2.24) is 15.0 Å². The number of carbonyl (C=O) groups is 1. The van der Waals surface area contributed by atoms with E-state index in [2.05, 4.69) is 25.6 Å². The fourth-order valence-corrected chi connectivity index (χ4v) is 1.55. The smallest absolute Gasteiger partial charge is 0.305 e. The van der Waals surface area contributed by atoms with Crippen LogP contribution < -0.4 is 15.5 Å². The Morgan fingerprint density at radius 3 is 2.38 bits per heavy atom. The zero-order valence-electron chi connectivity index (χ0n) is 13.1. The van der Waals surface area contributed by atoms with Crippen molar-refractivity contribution >= 4 is 23.8 Å². The van der Waals surface area contributed by atoms with Crippen molar-refractivity contribution in [3.63, 3.8) is 0 Å². The maximum atomic E-state index is 11.2. The first kappa shape index (κ1) is 16.9. The second-order valence-corrected chi connectivity index (χ2v) is 4.54. The molecule has 1 aromatic rings. The van der Waals surface area contributed by atoms with Crippen molar-refractivity contribution in [2.75, 3.05) is 49.3 Å². The number of hydrogen-bond acceptors (Lipinski definition) is 8. The Morgan fingerprint density at radius 1 is 1.14 bits per heavy atom. The number of ether oxygens (including phenoxy) is 1. The molecule has 0 unspecified atom stereocenters. The third kappa shape index (κ3) is 6.24. The summed E-state index contributed by atoms with van der Waals surface area (Å²) in [6.07, 6.45) is 1.05. The molecule has 1 rings (SSSR count). The molecule has 0 saturated carbocycles. The van der Waals surface area contributed by atoms with Gasteiger partial charge in [-0.05, 0) is 20.3 Å². The molecule has 2 N–H and O–H groups in total. The molecule has 0 aliphatic carbocycles. The van der Waals surface area contributed by atoms with Gasteiger partial charge in [0.2, 0.25) is 17.8 Å². The van der Waals surface area contributed by atoms with Gasteiger partial charge in [-0.15, -0.1) is 0 Å². The molecule has 1 heterocycles. The molecule has 0 amide bonds. The van der Waals surface area contributed by atoms with Crippen LogP contribution in [0.15, 0.2) is 0 Å². The minimum Gasteiger partial charge on any atom is -0.466 e. The first-order chi connectivity index (χ1) is 10.1. The second-order valence-electron chi connectivity index (χ2n) is 4.54. The monoisotopic (exact) mass is 296 g/mol. The first-order valence-corrected chi connectivity index (χ1v) is 7.13. The van der Waals surface area contributed by atoms with E-state index < -0.39 is 0 Å². The van der Waals surface area contributed by atoms with Gasteiger partial charge in [0.05, 0.1) is 6.61 Å². The molecule has 0 fully saturated rings. The lowest BCUT2D eigenvalue weighted by atomic mass is 10.3. The molecule has 0 atom stereocenters. The summed E-state index contributed by atoms with van der Waals surface area (Å²) in [5, 5.41) is 6.17. The Morgan fingerprint density at radius 2 is 1.81 bits per heavy atom. The predicted molar refractivity (Wildman–Crippen MR) is 82.7 cm³/mol. The summed E-state index contributed by atoms with van der Waals surface area (Å²) < 4.78 is 4.87. The van der Waals surface area contributed by atoms with Gasteiger partial charge in [0.1, 0.15) is 0 Å². The van der Waals surface area contributed by atoms with Crippen LogP contribution in [0.3, 0.4) is 0 Å². The number of anilines is 3. The SMILES string of the molecule is CCNc1nc(NCCCC(=O)OCC)nc(N(C)C)n1. The van der Waals surface area contributed by atoms with Crippen molar-refractivity contribution in [3.05, 3.63) is 0 Å². The summed E-state index contributed by atoms with van der Waals surface area (Å²) in [6, 6.07) is 0. The van der Waals surface area contributed by atoms with Crippen LogP contribution in [-0.2, 0) is 9.53 Å². The molecule has 8 nitrogen and oxygen atoms in total. The second kappa shape index (κ2) is 8.93. The normalized spacial score (nSPS) is 10.1. The van der Waals surface area contributed by atoms with E-state index in [0.29, 0.717) is 43.8 Å². The fourth-order valence-electron chi connectivity index (χ4n) is 1.55. The molecule has 0 bridgehead atoms. The van der Waals surface area contributed by atoms with Crippen molar-refractivity contribution in [1.29, 1.82) is 0 Å². The van der Waals surface area contributed by atoms with Gasteiger partial charge in [-0.3, -0.25) is 4.79 Å². The molecule has 21 heavy (non-hydrogen) atoms. The molecule has 8 heteroatoms. The largest absolute Gasteiger partial charge is 0.466 e. The van der Waals surface area contributed by atoms with Crippen LogP contribution in [0, 0.1) is 0 Å². The topological polar surface area (TPSA) is 92.3 Å². The number of rotatable bonds is 9. The molecule has 118 valence electrons. The fraction of sp³-hybridized carbons (Fsp3) is 0.692. The van der Waals surface area contributed by atoms with Gasteiger partial charge >= 0.3 is 5.97 Å². The highest BCUT2D eigenvalue weighted by Crippen LogP contribution is 2.11. The highest BCUT2D eigenvalue weighted by atomic mass is 16.5. The van der Waals surface area contributed by atoms with Crippen molar-refractivity contribution in [2.24, 2.45) is 0 Å². The average Bonchev–Trinajstić information content (AvgIpc) is 2.44. The molecule has 0 radical (unpaired) electrons. The molecule has 0 aliphatic heterocycles. The highest BCUT2D eigenvalue weighted by molar-refractivity contribution is 5.69. The maximum Gasteiger partial charge on any atom is 0.305 e. The summed E-state index contributed by atoms with van der Waals surface area (Å²) in [7, 11) is 3.74. The summed E-state index contributed by atoms with van der Waals surface area (Å²) in [4.78, 5) is 25.9. The van der Waals surface area contributed by atoms with Gasteiger partial charge in [0.15, 0.2) is 0 Å². The quantitative estimate of drug-likeness (QED) is 0.517. The van der Waals surface area contributed by atoms with E-state index >= 15 is 0 Å². The molecule has 0 aromatic carbocycles. The Hall–Kier alpha value is -2.12. The van der Waals surface area contributed by atoms with Crippen LogP contribution in [0.2, 0.25) is 0 Å². The van der Waals surface area contributed by atoms with Crippen molar-refractivity contribution in [3.8, 4) is 0 Å². The van der Waals surface area contributed by atoms with E-state index in [1.54, 1.807) is 6.92 Å². The van der Waals surface area contributed by atoms with Crippen LogP contribution in [0.5, 0.6) is 0 Å². The van der Waals surface area contributed by atoms with E-state index in [-0.39, 0.29) is 5.97 Å². The van der Waals surface area contributed by atoms with E-state index in [4.69, 9.17) is 4.74 Å². The third-order valence-electron chi connectivity index (χ3n) is 2.50. The average molecular weight is 296 g/mol. The standard InChI is InChI=1S/C13H24N6O2/c1-5-14-11-16-12(18-13(17-11)19(3)4)15-9-7-8-10(20)21-6-2/h5-9H2,1-4H3,(H2,14,15,16,17,18). The molecular formula is C13H24N6O2. The lowest BCUT2D eigenvalue weighted by Gasteiger charge is -2.13. The van der Waals surface area contributed by atoms with Crippen LogP contribution in [0.1, 0.15) is 26.7 Å². The van der Waals surface area contributed by atoms with Gasteiger partial charge < -0.3 is 20.3 Å². The zero-order chi connectivity index (χ0) is 15.7. The van der Waals surface area contributed by atoms with E-state index in [9.17, 15) is 4.79 Å².